The Bertz CT molecular complexity index is 467. The zero-order chi connectivity index (χ0) is 17.6. The summed E-state index contributed by atoms with van der Waals surface area (Å²) in [6.45, 7) is 7.72. The SMILES string of the molecule is CC(C)(C)OC(=O)N(CCCNC1C2CC3CC(C2)CC1C3)C1CC1. The molecule has 0 aromatic rings. The highest BCUT2D eigenvalue weighted by atomic mass is 16.6. The second-order valence-electron chi connectivity index (χ2n) is 10.2. The molecule has 25 heavy (non-hydrogen) atoms. The molecule has 0 unspecified atom stereocenters. The van der Waals surface area contributed by atoms with Gasteiger partial charge in [0.1, 0.15) is 5.60 Å². The number of ether oxygens (including phenoxy) is 1. The quantitative estimate of drug-likeness (QED) is 0.732. The number of carbonyl (C=O) groups excluding carboxylic acids is 1. The molecular formula is C21H36N2O2. The summed E-state index contributed by atoms with van der Waals surface area (Å²) in [4.78, 5) is 14.4. The fourth-order valence-electron chi connectivity index (χ4n) is 5.91. The first-order chi connectivity index (χ1) is 11.9. The number of amides is 1. The van der Waals surface area contributed by atoms with Crippen LogP contribution in [0.25, 0.3) is 0 Å². The third kappa shape index (κ3) is 4.15. The zero-order valence-corrected chi connectivity index (χ0v) is 16.3. The molecular weight excluding hydrogens is 312 g/mol. The van der Waals surface area contributed by atoms with Gasteiger partial charge in [0.2, 0.25) is 0 Å². The van der Waals surface area contributed by atoms with Crippen molar-refractivity contribution in [3.63, 3.8) is 0 Å². The van der Waals surface area contributed by atoms with Gasteiger partial charge in [0.05, 0.1) is 0 Å². The molecule has 0 saturated heterocycles. The topological polar surface area (TPSA) is 41.6 Å². The Hall–Kier alpha value is -0.770. The minimum Gasteiger partial charge on any atom is -0.444 e. The summed E-state index contributed by atoms with van der Waals surface area (Å²) in [5.74, 6) is 3.94. The highest BCUT2D eigenvalue weighted by Gasteiger charge is 2.47. The summed E-state index contributed by atoms with van der Waals surface area (Å²) in [7, 11) is 0. The van der Waals surface area contributed by atoms with Crippen molar-refractivity contribution >= 4 is 6.09 Å². The van der Waals surface area contributed by atoms with Gasteiger partial charge in [-0.25, -0.2) is 4.79 Å². The number of carbonyl (C=O) groups is 1. The molecule has 1 amide bonds. The monoisotopic (exact) mass is 348 g/mol. The van der Waals surface area contributed by atoms with Crippen LogP contribution in [0.15, 0.2) is 0 Å². The molecule has 0 aromatic heterocycles. The highest BCUT2D eigenvalue weighted by molar-refractivity contribution is 5.69. The van der Waals surface area contributed by atoms with Gasteiger partial charge in [0.15, 0.2) is 0 Å². The molecule has 5 aliphatic carbocycles. The molecule has 1 N–H and O–H groups in total. The van der Waals surface area contributed by atoms with E-state index in [2.05, 4.69) is 5.32 Å². The predicted octanol–water partition coefficient (Wildman–Crippen LogP) is 4.19. The van der Waals surface area contributed by atoms with E-state index in [1.54, 1.807) is 0 Å². The van der Waals surface area contributed by atoms with Crippen LogP contribution in [0.1, 0.15) is 72.1 Å². The Morgan fingerprint density at radius 3 is 2.16 bits per heavy atom. The van der Waals surface area contributed by atoms with Gasteiger partial charge in [-0.3, -0.25) is 0 Å². The Kier molecular flexibility index (Phi) is 4.76. The smallest absolute Gasteiger partial charge is 0.410 e. The average molecular weight is 349 g/mol. The van der Waals surface area contributed by atoms with Crippen LogP contribution in [0.4, 0.5) is 4.79 Å². The standard InChI is InChI=1S/C21H36N2O2/c1-21(2,3)25-20(24)23(18-5-6-18)8-4-7-22-19-16-10-14-9-15(12-16)13-17(19)11-14/h14-19,22H,4-13H2,1-3H3. The zero-order valence-electron chi connectivity index (χ0n) is 16.3. The molecule has 4 heteroatoms. The summed E-state index contributed by atoms with van der Waals surface area (Å²) in [5.41, 5.74) is -0.400. The fraction of sp³-hybridized carbons (Fsp3) is 0.952. The van der Waals surface area contributed by atoms with Crippen LogP contribution in [0.2, 0.25) is 0 Å². The molecule has 4 bridgehead atoms. The van der Waals surface area contributed by atoms with E-state index >= 15 is 0 Å². The van der Waals surface area contributed by atoms with Gasteiger partial charge in [-0.15, -0.1) is 0 Å². The molecule has 0 radical (unpaired) electrons. The number of nitrogens with one attached hydrogen (secondary N) is 1. The minimum absolute atomic E-state index is 0.121. The van der Waals surface area contributed by atoms with Crippen LogP contribution in [-0.2, 0) is 4.74 Å². The lowest BCUT2D eigenvalue weighted by molar-refractivity contribution is -0.0139. The number of rotatable bonds is 6. The van der Waals surface area contributed by atoms with E-state index in [0.29, 0.717) is 6.04 Å². The van der Waals surface area contributed by atoms with Crippen molar-refractivity contribution in [3.05, 3.63) is 0 Å². The maximum atomic E-state index is 12.4. The van der Waals surface area contributed by atoms with Crippen LogP contribution in [0.5, 0.6) is 0 Å². The van der Waals surface area contributed by atoms with Gasteiger partial charge >= 0.3 is 6.09 Å². The molecule has 0 atom stereocenters. The second kappa shape index (κ2) is 6.75. The summed E-state index contributed by atoms with van der Waals surface area (Å²) >= 11 is 0. The van der Waals surface area contributed by atoms with Gasteiger partial charge in [-0.1, -0.05) is 0 Å². The maximum absolute atomic E-state index is 12.4. The van der Waals surface area contributed by atoms with Crippen molar-refractivity contribution in [1.82, 2.24) is 10.2 Å². The minimum atomic E-state index is -0.400. The third-order valence-corrected chi connectivity index (χ3v) is 6.80. The van der Waals surface area contributed by atoms with E-state index in [0.717, 1.165) is 62.1 Å². The van der Waals surface area contributed by atoms with E-state index in [9.17, 15) is 4.79 Å². The lowest BCUT2D eigenvalue weighted by atomic mass is 9.54. The van der Waals surface area contributed by atoms with Crippen molar-refractivity contribution in [2.24, 2.45) is 23.7 Å². The van der Waals surface area contributed by atoms with Crippen LogP contribution in [0, 0.1) is 23.7 Å². The normalized spacial score (nSPS) is 36.5. The first-order valence-corrected chi connectivity index (χ1v) is 10.6. The summed E-state index contributed by atoms with van der Waals surface area (Å²) < 4.78 is 5.59. The molecule has 5 aliphatic rings. The van der Waals surface area contributed by atoms with E-state index in [1.807, 2.05) is 25.7 Å². The fourth-order valence-corrected chi connectivity index (χ4v) is 5.91. The number of hydrogen-bond acceptors (Lipinski definition) is 3. The van der Waals surface area contributed by atoms with E-state index in [1.165, 1.54) is 32.1 Å². The lowest BCUT2D eigenvalue weighted by Gasteiger charge is -2.54. The van der Waals surface area contributed by atoms with Crippen molar-refractivity contribution in [3.8, 4) is 0 Å². The van der Waals surface area contributed by atoms with Gasteiger partial charge in [-0.05, 0) is 102 Å². The van der Waals surface area contributed by atoms with Gasteiger partial charge < -0.3 is 15.0 Å². The van der Waals surface area contributed by atoms with E-state index < -0.39 is 5.60 Å². The third-order valence-electron chi connectivity index (χ3n) is 6.80. The van der Waals surface area contributed by atoms with Crippen LogP contribution < -0.4 is 5.32 Å². The summed E-state index contributed by atoms with van der Waals surface area (Å²) in [6, 6.07) is 1.18. The number of nitrogens with zero attached hydrogens (tertiary/aromatic N) is 1. The molecule has 142 valence electrons. The second-order valence-corrected chi connectivity index (χ2v) is 10.2. The average Bonchev–Trinajstić information content (AvgIpc) is 3.31. The van der Waals surface area contributed by atoms with Crippen molar-refractivity contribution in [1.29, 1.82) is 0 Å². The molecule has 5 saturated carbocycles. The molecule has 4 nitrogen and oxygen atoms in total. The first-order valence-electron chi connectivity index (χ1n) is 10.6. The molecule has 5 rings (SSSR count). The lowest BCUT2D eigenvalue weighted by Crippen LogP contribution is -2.54. The summed E-state index contributed by atoms with van der Waals surface area (Å²) in [5, 5.41) is 3.89. The largest absolute Gasteiger partial charge is 0.444 e. The first kappa shape index (κ1) is 17.6. The Morgan fingerprint density at radius 2 is 1.64 bits per heavy atom. The maximum Gasteiger partial charge on any atom is 0.410 e. The van der Waals surface area contributed by atoms with Gasteiger partial charge in [-0.2, -0.15) is 0 Å². The molecule has 5 fully saturated rings. The van der Waals surface area contributed by atoms with Crippen LogP contribution >= 0.6 is 0 Å². The highest BCUT2D eigenvalue weighted by Crippen LogP contribution is 2.53. The molecule has 0 aliphatic heterocycles. The van der Waals surface area contributed by atoms with Crippen molar-refractivity contribution < 1.29 is 9.53 Å². The van der Waals surface area contributed by atoms with Crippen LogP contribution in [-0.4, -0.2) is 41.8 Å². The van der Waals surface area contributed by atoms with Crippen molar-refractivity contribution in [2.75, 3.05) is 13.1 Å². The molecule has 0 heterocycles. The van der Waals surface area contributed by atoms with E-state index in [4.69, 9.17) is 4.74 Å². The summed E-state index contributed by atoms with van der Waals surface area (Å²) in [6.07, 6.45) is 10.6. The Morgan fingerprint density at radius 1 is 1.04 bits per heavy atom. The number of hydrogen-bond donors (Lipinski definition) is 1. The van der Waals surface area contributed by atoms with E-state index in [-0.39, 0.29) is 6.09 Å². The van der Waals surface area contributed by atoms with Gasteiger partial charge in [0, 0.05) is 18.6 Å². The molecule has 0 aromatic carbocycles. The van der Waals surface area contributed by atoms with Crippen LogP contribution in [0.3, 0.4) is 0 Å². The molecule has 0 spiro atoms. The Labute approximate surface area is 153 Å². The van der Waals surface area contributed by atoms with Gasteiger partial charge in [0.25, 0.3) is 0 Å². The van der Waals surface area contributed by atoms with Crippen molar-refractivity contribution in [2.45, 2.75) is 89.8 Å². The predicted molar refractivity (Wildman–Crippen MR) is 99.4 cm³/mol. The Balaban J connectivity index is 1.22.